The molecule has 7 nitrogen and oxygen atoms in total. The second kappa shape index (κ2) is 5.36. The van der Waals surface area contributed by atoms with Crippen LogP contribution in [-0.4, -0.2) is 42.7 Å². The van der Waals surface area contributed by atoms with Gasteiger partial charge in [0.05, 0.1) is 17.7 Å². The van der Waals surface area contributed by atoms with E-state index in [1.807, 2.05) is 0 Å². The molecule has 0 saturated carbocycles. The van der Waals surface area contributed by atoms with Crippen LogP contribution in [-0.2, 0) is 21.4 Å². The van der Waals surface area contributed by atoms with Gasteiger partial charge in [-0.1, -0.05) is 0 Å². The first-order valence-corrected chi connectivity index (χ1v) is 8.42. The molecule has 0 aromatic carbocycles. The summed E-state index contributed by atoms with van der Waals surface area (Å²) in [7, 11) is -3.63. The minimum Gasteiger partial charge on any atom is -0.354 e. The van der Waals surface area contributed by atoms with Gasteiger partial charge in [0, 0.05) is 25.8 Å². The molecule has 1 amide bonds. The van der Waals surface area contributed by atoms with Crippen molar-refractivity contribution < 1.29 is 13.2 Å². The van der Waals surface area contributed by atoms with Crippen LogP contribution in [0, 0.1) is 5.92 Å². The van der Waals surface area contributed by atoms with E-state index in [1.165, 1.54) is 16.6 Å². The van der Waals surface area contributed by atoms with Gasteiger partial charge in [0.15, 0.2) is 0 Å². The monoisotopic (exact) mass is 310 g/mol. The molecule has 114 valence electrons. The van der Waals surface area contributed by atoms with Crippen molar-refractivity contribution in [2.24, 2.45) is 11.7 Å². The van der Waals surface area contributed by atoms with Crippen molar-refractivity contribution >= 4 is 15.9 Å². The summed E-state index contributed by atoms with van der Waals surface area (Å²) in [4.78, 5) is 15.9. The van der Waals surface area contributed by atoms with E-state index in [-0.39, 0.29) is 29.3 Å². The Hall–Kier alpha value is -1.51. The van der Waals surface area contributed by atoms with E-state index in [0.29, 0.717) is 25.2 Å². The smallest absolute Gasteiger partial charge is 0.244 e. The Labute approximate surface area is 123 Å². The lowest BCUT2D eigenvalue weighted by atomic mass is 9.93. The molecule has 2 atom stereocenters. The van der Waals surface area contributed by atoms with E-state index in [1.54, 1.807) is 6.07 Å². The number of hydrogen-bond acceptors (Lipinski definition) is 5. The highest BCUT2D eigenvalue weighted by atomic mass is 32.2. The fraction of sp³-hybridized carbons (Fsp3) is 0.538. The largest absolute Gasteiger partial charge is 0.354 e. The third kappa shape index (κ3) is 2.43. The van der Waals surface area contributed by atoms with E-state index in [0.717, 1.165) is 6.42 Å². The van der Waals surface area contributed by atoms with Gasteiger partial charge in [-0.2, -0.15) is 4.31 Å². The topological polar surface area (TPSA) is 105 Å². The summed E-state index contributed by atoms with van der Waals surface area (Å²) in [6.45, 7) is 1.10. The van der Waals surface area contributed by atoms with Crippen LogP contribution in [0.4, 0.5) is 0 Å². The second-order valence-corrected chi connectivity index (χ2v) is 7.26. The van der Waals surface area contributed by atoms with Crippen LogP contribution >= 0.6 is 0 Å². The summed E-state index contributed by atoms with van der Waals surface area (Å²) in [6.07, 6.45) is 2.78. The Morgan fingerprint density at radius 2 is 2.24 bits per heavy atom. The van der Waals surface area contributed by atoms with Crippen LogP contribution in [0.2, 0.25) is 0 Å². The molecule has 2 aliphatic rings. The lowest BCUT2D eigenvalue weighted by Gasteiger charge is -2.34. The SMILES string of the molecule is NCc1ccc(S(=O)(=O)N2CCCC3C(=O)NCC32)cn1. The van der Waals surface area contributed by atoms with E-state index in [9.17, 15) is 13.2 Å². The van der Waals surface area contributed by atoms with Gasteiger partial charge >= 0.3 is 0 Å². The van der Waals surface area contributed by atoms with E-state index in [4.69, 9.17) is 5.73 Å². The molecular formula is C13H18N4O3S. The molecular weight excluding hydrogens is 292 g/mol. The number of sulfonamides is 1. The number of rotatable bonds is 3. The summed E-state index contributed by atoms with van der Waals surface area (Å²) < 4.78 is 26.9. The molecule has 1 aromatic heterocycles. The zero-order chi connectivity index (χ0) is 15.0. The zero-order valence-electron chi connectivity index (χ0n) is 11.5. The summed E-state index contributed by atoms with van der Waals surface area (Å²) >= 11 is 0. The molecule has 2 saturated heterocycles. The molecule has 3 rings (SSSR count). The first-order chi connectivity index (χ1) is 10.0. The number of carbonyl (C=O) groups is 1. The number of nitrogens with two attached hydrogens (primary N) is 1. The normalized spacial score (nSPS) is 26.4. The Morgan fingerprint density at radius 3 is 2.90 bits per heavy atom. The molecule has 1 aromatic rings. The van der Waals surface area contributed by atoms with Crippen LogP contribution in [0.3, 0.4) is 0 Å². The van der Waals surface area contributed by atoms with Crippen LogP contribution in [0.25, 0.3) is 0 Å². The third-order valence-corrected chi connectivity index (χ3v) is 6.07. The molecule has 8 heteroatoms. The lowest BCUT2D eigenvalue weighted by molar-refractivity contribution is -0.123. The predicted molar refractivity (Wildman–Crippen MR) is 75.5 cm³/mol. The summed E-state index contributed by atoms with van der Waals surface area (Å²) in [6, 6.07) is 2.86. The Kier molecular flexibility index (Phi) is 3.68. The van der Waals surface area contributed by atoms with Gasteiger partial charge in [-0.05, 0) is 25.0 Å². The van der Waals surface area contributed by atoms with Crippen molar-refractivity contribution in [3.8, 4) is 0 Å². The molecule has 0 bridgehead atoms. The van der Waals surface area contributed by atoms with Gasteiger partial charge in [-0.25, -0.2) is 8.42 Å². The number of pyridine rings is 1. The van der Waals surface area contributed by atoms with Gasteiger partial charge in [-0.3, -0.25) is 9.78 Å². The maximum Gasteiger partial charge on any atom is 0.244 e. The van der Waals surface area contributed by atoms with Gasteiger partial charge in [0.2, 0.25) is 15.9 Å². The number of aromatic nitrogens is 1. The number of piperidine rings is 1. The maximum atomic E-state index is 12.8. The van der Waals surface area contributed by atoms with E-state index < -0.39 is 10.0 Å². The first kappa shape index (κ1) is 14.4. The molecule has 2 fully saturated rings. The minimum atomic E-state index is -3.63. The predicted octanol–water partition coefficient (Wildman–Crippen LogP) is -0.561. The molecule has 2 unspecified atom stereocenters. The van der Waals surface area contributed by atoms with Crippen LogP contribution < -0.4 is 11.1 Å². The van der Waals surface area contributed by atoms with Crippen molar-refractivity contribution in [3.05, 3.63) is 24.0 Å². The quantitative estimate of drug-likeness (QED) is 0.778. The molecule has 3 N–H and O–H groups in total. The van der Waals surface area contributed by atoms with Gasteiger partial charge in [0.25, 0.3) is 0 Å². The van der Waals surface area contributed by atoms with E-state index in [2.05, 4.69) is 10.3 Å². The lowest BCUT2D eigenvalue weighted by Crippen LogP contribution is -2.48. The van der Waals surface area contributed by atoms with Crippen molar-refractivity contribution in [2.45, 2.75) is 30.3 Å². The highest BCUT2D eigenvalue weighted by Crippen LogP contribution is 2.31. The molecule has 2 aliphatic heterocycles. The number of fused-ring (bicyclic) bond motifs is 1. The van der Waals surface area contributed by atoms with Gasteiger partial charge in [-0.15, -0.1) is 0 Å². The van der Waals surface area contributed by atoms with Gasteiger partial charge < -0.3 is 11.1 Å². The van der Waals surface area contributed by atoms with E-state index >= 15 is 0 Å². The molecule has 0 radical (unpaired) electrons. The van der Waals surface area contributed by atoms with Crippen LogP contribution in [0.5, 0.6) is 0 Å². The molecule has 0 spiro atoms. The fourth-order valence-electron chi connectivity index (χ4n) is 3.03. The standard InChI is InChI=1S/C13H18N4O3S/c14-6-9-3-4-10(7-15-9)21(19,20)17-5-1-2-11-12(17)8-16-13(11)18/h3-4,7,11-12H,1-2,5-6,8,14H2,(H,16,18). The third-order valence-electron chi connectivity index (χ3n) is 4.16. The number of amides is 1. The molecule has 0 aliphatic carbocycles. The van der Waals surface area contributed by atoms with Crippen molar-refractivity contribution in [1.82, 2.24) is 14.6 Å². The highest BCUT2D eigenvalue weighted by Gasteiger charge is 2.45. The van der Waals surface area contributed by atoms with Gasteiger partial charge in [0.1, 0.15) is 4.90 Å². The number of nitrogens with one attached hydrogen (secondary N) is 1. The first-order valence-electron chi connectivity index (χ1n) is 6.98. The molecule has 21 heavy (non-hydrogen) atoms. The number of carbonyl (C=O) groups excluding carboxylic acids is 1. The average Bonchev–Trinajstić information content (AvgIpc) is 2.89. The summed E-state index contributed by atoms with van der Waals surface area (Å²) in [5.74, 6) is -0.277. The average molecular weight is 310 g/mol. The second-order valence-electron chi connectivity index (χ2n) is 5.37. The zero-order valence-corrected chi connectivity index (χ0v) is 12.3. The summed E-state index contributed by atoms with van der Waals surface area (Å²) in [5, 5.41) is 2.76. The fourth-order valence-corrected chi connectivity index (χ4v) is 4.67. The van der Waals surface area contributed by atoms with Crippen molar-refractivity contribution in [3.63, 3.8) is 0 Å². The van der Waals surface area contributed by atoms with Crippen molar-refractivity contribution in [1.29, 1.82) is 0 Å². The maximum absolute atomic E-state index is 12.8. The van der Waals surface area contributed by atoms with Crippen LogP contribution in [0.15, 0.2) is 23.2 Å². The minimum absolute atomic E-state index is 0.0449. The molecule has 3 heterocycles. The van der Waals surface area contributed by atoms with Crippen molar-refractivity contribution in [2.75, 3.05) is 13.1 Å². The number of hydrogen-bond donors (Lipinski definition) is 2. The Morgan fingerprint density at radius 1 is 1.43 bits per heavy atom. The summed E-state index contributed by atoms with van der Waals surface area (Å²) in [5.41, 5.74) is 6.11. The number of nitrogens with zero attached hydrogens (tertiary/aromatic N) is 2. The van der Waals surface area contributed by atoms with Crippen LogP contribution in [0.1, 0.15) is 18.5 Å². The highest BCUT2D eigenvalue weighted by molar-refractivity contribution is 7.89. The Bertz CT molecular complexity index is 644. The Balaban J connectivity index is 1.91.